The number of anilines is 2. The number of unbranched alkanes of at least 4 members (excludes halogenated alkanes) is 1. The van der Waals surface area contributed by atoms with Crippen LogP contribution >= 0.6 is 11.8 Å². The van der Waals surface area contributed by atoms with E-state index < -0.39 is 0 Å². The van der Waals surface area contributed by atoms with Crippen molar-refractivity contribution < 1.29 is 19.1 Å². The van der Waals surface area contributed by atoms with Crippen molar-refractivity contribution in [2.24, 2.45) is 0 Å². The molecule has 3 rings (SSSR count). The zero-order chi connectivity index (χ0) is 20.8. The summed E-state index contributed by atoms with van der Waals surface area (Å²) in [5.74, 6) is 1.71. The van der Waals surface area contributed by atoms with Gasteiger partial charge in [-0.3, -0.25) is 14.5 Å². The van der Waals surface area contributed by atoms with Gasteiger partial charge in [0.05, 0.1) is 25.7 Å². The van der Waals surface area contributed by atoms with Crippen LogP contribution in [-0.2, 0) is 9.59 Å². The van der Waals surface area contributed by atoms with Crippen LogP contribution in [0.5, 0.6) is 11.5 Å². The summed E-state index contributed by atoms with van der Waals surface area (Å²) >= 11 is 1.57. The molecule has 1 heterocycles. The van der Waals surface area contributed by atoms with Gasteiger partial charge >= 0.3 is 0 Å². The molecule has 2 aromatic rings. The number of nitrogens with one attached hydrogen (secondary N) is 1. The number of carbonyl (C=O) groups excluding carboxylic acids is 2. The van der Waals surface area contributed by atoms with E-state index in [4.69, 9.17) is 9.47 Å². The van der Waals surface area contributed by atoms with E-state index in [1.54, 1.807) is 36.9 Å². The molecule has 0 bridgehead atoms. The standard InChI is InChI=1S/C22H26N2O4S/c1-4-5-6-20(25)23-16-9-7-15(8-10-16)22-24(21(26)14-29-22)18-12-11-17(27-2)13-19(18)28-3/h7-13,22H,4-6,14H2,1-3H3,(H,23,25)/t22-/m1/s1. The van der Waals surface area contributed by atoms with Crippen LogP contribution in [0, 0.1) is 0 Å². The highest BCUT2D eigenvalue weighted by Crippen LogP contribution is 2.45. The first kappa shape index (κ1) is 21.0. The number of carbonyl (C=O) groups is 2. The smallest absolute Gasteiger partial charge is 0.238 e. The molecule has 1 atom stereocenters. The van der Waals surface area contributed by atoms with Gasteiger partial charge in [-0.05, 0) is 36.2 Å². The molecule has 1 saturated heterocycles. The second-order valence-electron chi connectivity index (χ2n) is 6.74. The fourth-order valence-corrected chi connectivity index (χ4v) is 4.38. The molecule has 1 aliphatic rings. The molecular weight excluding hydrogens is 388 g/mol. The zero-order valence-electron chi connectivity index (χ0n) is 16.9. The third-order valence-electron chi connectivity index (χ3n) is 4.75. The molecule has 0 aromatic heterocycles. The van der Waals surface area contributed by atoms with Crippen LogP contribution < -0.4 is 19.7 Å². The Hall–Kier alpha value is -2.67. The van der Waals surface area contributed by atoms with Gasteiger partial charge in [0.15, 0.2) is 0 Å². The summed E-state index contributed by atoms with van der Waals surface area (Å²) in [5.41, 5.74) is 2.47. The first-order valence-electron chi connectivity index (χ1n) is 9.63. The molecule has 1 N–H and O–H groups in total. The second-order valence-corrected chi connectivity index (χ2v) is 7.81. The van der Waals surface area contributed by atoms with Gasteiger partial charge in [0.2, 0.25) is 11.8 Å². The largest absolute Gasteiger partial charge is 0.497 e. The summed E-state index contributed by atoms with van der Waals surface area (Å²) in [4.78, 5) is 26.3. The molecule has 0 spiro atoms. The maximum atomic E-state index is 12.7. The third kappa shape index (κ3) is 4.85. The number of hydrogen-bond acceptors (Lipinski definition) is 5. The van der Waals surface area contributed by atoms with Crippen LogP contribution in [-0.4, -0.2) is 31.8 Å². The molecule has 0 radical (unpaired) electrons. The predicted octanol–water partition coefficient (Wildman–Crippen LogP) is 4.61. The summed E-state index contributed by atoms with van der Waals surface area (Å²) < 4.78 is 10.8. The highest BCUT2D eigenvalue weighted by molar-refractivity contribution is 8.00. The van der Waals surface area contributed by atoms with E-state index in [0.29, 0.717) is 29.4 Å². The number of hydrogen-bond donors (Lipinski definition) is 1. The Kier molecular flexibility index (Phi) is 7.04. The number of rotatable bonds is 8. The summed E-state index contributed by atoms with van der Waals surface area (Å²) in [6, 6.07) is 13.1. The van der Waals surface area contributed by atoms with Crippen molar-refractivity contribution in [2.45, 2.75) is 31.6 Å². The van der Waals surface area contributed by atoms with Gasteiger partial charge in [0.1, 0.15) is 16.9 Å². The van der Waals surface area contributed by atoms with Gasteiger partial charge in [-0.25, -0.2) is 0 Å². The van der Waals surface area contributed by atoms with Crippen molar-refractivity contribution in [3.05, 3.63) is 48.0 Å². The van der Waals surface area contributed by atoms with Gasteiger partial charge in [-0.15, -0.1) is 11.8 Å². The van der Waals surface area contributed by atoms with Gasteiger partial charge in [-0.1, -0.05) is 25.5 Å². The molecule has 0 saturated carbocycles. The molecule has 1 aliphatic heterocycles. The minimum Gasteiger partial charge on any atom is -0.497 e. The highest BCUT2D eigenvalue weighted by Gasteiger charge is 2.35. The highest BCUT2D eigenvalue weighted by atomic mass is 32.2. The van der Waals surface area contributed by atoms with Crippen LogP contribution in [0.4, 0.5) is 11.4 Å². The Bertz CT molecular complexity index is 870. The van der Waals surface area contributed by atoms with E-state index in [1.807, 2.05) is 36.4 Å². The fraction of sp³-hybridized carbons (Fsp3) is 0.364. The topological polar surface area (TPSA) is 67.9 Å². The second kappa shape index (κ2) is 9.69. The summed E-state index contributed by atoms with van der Waals surface area (Å²) in [6.07, 6.45) is 2.39. The normalized spacial score (nSPS) is 16.0. The van der Waals surface area contributed by atoms with E-state index in [1.165, 1.54) is 0 Å². The Morgan fingerprint density at radius 1 is 1.17 bits per heavy atom. The lowest BCUT2D eigenvalue weighted by Crippen LogP contribution is -2.28. The number of ether oxygens (including phenoxy) is 2. The first-order chi connectivity index (χ1) is 14.1. The van der Waals surface area contributed by atoms with Gasteiger partial charge < -0.3 is 14.8 Å². The molecule has 7 heteroatoms. The molecule has 2 amide bonds. The van der Waals surface area contributed by atoms with Crippen LogP contribution in [0.25, 0.3) is 0 Å². The van der Waals surface area contributed by atoms with Crippen molar-refractivity contribution in [3.8, 4) is 11.5 Å². The van der Waals surface area contributed by atoms with Crippen molar-refractivity contribution >= 4 is 35.0 Å². The molecular formula is C22H26N2O4S. The van der Waals surface area contributed by atoms with Crippen molar-refractivity contribution in [2.75, 3.05) is 30.2 Å². The molecule has 1 fully saturated rings. The Balaban J connectivity index is 1.81. The lowest BCUT2D eigenvalue weighted by atomic mass is 10.1. The van der Waals surface area contributed by atoms with E-state index in [9.17, 15) is 9.59 Å². The SMILES string of the molecule is CCCCC(=O)Nc1ccc([C@H]2SCC(=O)N2c2ccc(OC)cc2OC)cc1. The lowest BCUT2D eigenvalue weighted by molar-refractivity contribution is -0.116. The van der Waals surface area contributed by atoms with Gasteiger partial charge in [0.25, 0.3) is 0 Å². The number of thioether (sulfide) groups is 1. The molecule has 0 unspecified atom stereocenters. The third-order valence-corrected chi connectivity index (χ3v) is 5.96. The minimum absolute atomic E-state index is 0.0228. The molecule has 154 valence electrons. The van der Waals surface area contributed by atoms with Crippen molar-refractivity contribution in [1.29, 1.82) is 0 Å². The van der Waals surface area contributed by atoms with Gasteiger partial charge in [-0.2, -0.15) is 0 Å². The summed E-state index contributed by atoms with van der Waals surface area (Å²) in [5, 5.41) is 2.76. The Labute approximate surface area is 175 Å². The zero-order valence-corrected chi connectivity index (χ0v) is 17.8. The lowest BCUT2D eigenvalue weighted by Gasteiger charge is -2.26. The summed E-state index contributed by atoms with van der Waals surface area (Å²) in [6.45, 7) is 2.06. The molecule has 29 heavy (non-hydrogen) atoms. The Morgan fingerprint density at radius 2 is 1.93 bits per heavy atom. The van der Waals surface area contributed by atoms with Crippen LogP contribution in [0.3, 0.4) is 0 Å². The molecule has 0 aliphatic carbocycles. The van der Waals surface area contributed by atoms with E-state index in [-0.39, 0.29) is 17.2 Å². The number of methoxy groups -OCH3 is 2. The maximum absolute atomic E-state index is 12.7. The number of amides is 2. The molecule has 2 aromatic carbocycles. The van der Waals surface area contributed by atoms with Crippen molar-refractivity contribution in [1.82, 2.24) is 0 Å². The van der Waals surface area contributed by atoms with E-state index in [0.717, 1.165) is 24.1 Å². The Morgan fingerprint density at radius 3 is 2.59 bits per heavy atom. The number of nitrogens with zero attached hydrogens (tertiary/aromatic N) is 1. The van der Waals surface area contributed by atoms with Crippen LogP contribution in [0.2, 0.25) is 0 Å². The van der Waals surface area contributed by atoms with E-state index >= 15 is 0 Å². The first-order valence-corrected chi connectivity index (χ1v) is 10.7. The average Bonchev–Trinajstić information content (AvgIpc) is 3.13. The average molecular weight is 415 g/mol. The van der Waals surface area contributed by atoms with Crippen LogP contribution in [0.1, 0.15) is 37.1 Å². The van der Waals surface area contributed by atoms with Crippen molar-refractivity contribution in [3.63, 3.8) is 0 Å². The van der Waals surface area contributed by atoms with Crippen LogP contribution in [0.15, 0.2) is 42.5 Å². The van der Waals surface area contributed by atoms with Gasteiger partial charge in [0, 0.05) is 18.2 Å². The quantitative estimate of drug-likeness (QED) is 0.683. The maximum Gasteiger partial charge on any atom is 0.238 e. The van der Waals surface area contributed by atoms with E-state index in [2.05, 4.69) is 12.2 Å². The predicted molar refractivity (Wildman–Crippen MR) is 117 cm³/mol. The fourth-order valence-electron chi connectivity index (χ4n) is 3.21. The number of benzene rings is 2. The monoisotopic (exact) mass is 414 g/mol. The molecule has 6 nitrogen and oxygen atoms in total. The summed E-state index contributed by atoms with van der Waals surface area (Å²) in [7, 11) is 3.17. The minimum atomic E-state index is -0.158.